The third-order valence-electron chi connectivity index (χ3n) is 4.77. The number of anilines is 1. The van der Waals surface area contributed by atoms with E-state index in [0.717, 1.165) is 16.0 Å². The zero-order chi connectivity index (χ0) is 22.4. The van der Waals surface area contributed by atoms with Crippen LogP contribution in [0, 0.1) is 6.92 Å². The predicted octanol–water partition coefficient (Wildman–Crippen LogP) is 3.77. The van der Waals surface area contributed by atoms with Crippen molar-refractivity contribution in [3.05, 3.63) is 45.8 Å². The lowest BCUT2D eigenvalue weighted by atomic mass is 10.0. The smallest absolute Gasteiger partial charge is 0.410 e. The Bertz CT molecular complexity index is 971. The Morgan fingerprint density at radius 2 is 1.87 bits per heavy atom. The Kier molecular flexibility index (Phi) is 7.51. The summed E-state index contributed by atoms with van der Waals surface area (Å²) in [5, 5.41) is 3.19. The molecule has 0 fully saturated rings. The van der Waals surface area contributed by atoms with Crippen molar-refractivity contribution in [1.82, 2.24) is 4.90 Å². The van der Waals surface area contributed by atoms with Crippen LogP contribution in [-0.2, 0) is 27.2 Å². The van der Waals surface area contributed by atoms with Crippen LogP contribution < -0.4 is 10.1 Å². The van der Waals surface area contributed by atoms with Gasteiger partial charge in [0.25, 0.3) is 5.91 Å². The lowest BCUT2D eigenvalue weighted by molar-refractivity contribution is -0.118. The molecule has 0 spiro atoms. The molecule has 2 heterocycles. The zero-order valence-electron chi connectivity index (χ0n) is 17.9. The number of amides is 2. The maximum absolute atomic E-state index is 12.6. The number of hydrogen-bond acceptors (Lipinski definition) is 7. The van der Waals surface area contributed by atoms with Crippen LogP contribution in [0.2, 0.25) is 0 Å². The maximum atomic E-state index is 12.6. The second-order valence-electron chi connectivity index (χ2n) is 6.90. The molecule has 31 heavy (non-hydrogen) atoms. The number of fused-ring (bicyclic) bond motifs is 1. The van der Waals surface area contributed by atoms with E-state index in [1.165, 1.54) is 11.3 Å². The molecule has 2 aromatic rings. The number of nitrogens with one attached hydrogen (secondary N) is 1. The molecule has 166 valence electrons. The molecule has 8 nitrogen and oxygen atoms in total. The first kappa shape index (κ1) is 22.6. The highest BCUT2D eigenvalue weighted by Gasteiger charge is 2.31. The number of rotatable bonds is 7. The molecule has 0 atom stereocenters. The Hall–Kier alpha value is -3.07. The predicted molar refractivity (Wildman–Crippen MR) is 117 cm³/mol. The normalized spacial score (nSPS) is 12.7. The summed E-state index contributed by atoms with van der Waals surface area (Å²) in [6, 6.07) is 7.42. The number of ether oxygens (including phenoxy) is 3. The molecule has 0 bridgehead atoms. The first-order valence-electron chi connectivity index (χ1n) is 10.2. The molecular weight excluding hydrogens is 420 g/mol. The van der Waals surface area contributed by atoms with E-state index < -0.39 is 12.1 Å². The number of thiophene rings is 1. The molecule has 0 aliphatic carbocycles. The van der Waals surface area contributed by atoms with E-state index >= 15 is 0 Å². The number of carbonyl (C=O) groups excluding carboxylic acids is 3. The van der Waals surface area contributed by atoms with Crippen molar-refractivity contribution in [2.24, 2.45) is 0 Å². The minimum Gasteiger partial charge on any atom is -0.483 e. The summed E-state index contributed by atoms with van der Waals surface area (Å²) in [6.07, 6.45) is 0.0884. The van der Waals surface area contributed by atoms with Gasteiger partial charge in [0.1, 0.15) is 10.8 Å². The summed E-state index contributed by atoms with van der Waals surface area (Å²) in [6.45, 7) is 6.46. The second-order valence-corrected chi connectivity index (χ2v) is 8.01. The lowest BCUT2D eigenvalue weighted by Crippen LogP contribution is -2.36. The third kappa shape index (κ3) is 5.35. The largest absolute Gasteiger partial charge is 0.483 e. The number of para-hydroxylation sites is 1. The van der Waals surface area contributed by atoms with Gasteiger partial charge in [-0.05, 0) is 44.4 Å². The number of carbonyl (C=O) groups is 3. The molecule has 1 aromatic carbocycles. The SMILES string of the molecule is CCOC(=O)c1c(NC(=O)COc2ccccc2C)sc2c1CCN(C(=O)OCC)C2. The maximum Gasteiger partial charge on any atom is 0.410 e. The van der Waals surface area contributed by atoms with Gasteiger partial charge in [0.2, 0.25) is 0 Å². The van der Waals surface area contributed by atoms with Crippen LogP contribution in [-0.4, -0.2) is 49.2 Å². The van der Waals surface area contributed by atoms with Gasteiger partial charge in [-0.25, -0.2) is 9.59 Å². The average molecular weight is 447 g/mol. The van der Waals surface area contributed by atoms with Crippen molar-refractivity contribution < 1.29 is 28.6 Å². The molecule has 1 aromatic heterocycles. The van der Waals surface area contributed by atoms with Gasteiger partial charge in [-0.15, -0.1) is 11.3 Å². The van der Waals surface area contributed by atoms with Crippen molar-refractivity contribution in [2.75, 3.05) is 31.7 Å². The summed E-state index contributed by atoms with van der Waals surface area (Å²) in [4.78, 5) is 39.7. The molecule has 1 N–H and O–H groups in total. The van der Waals surface area contributed by atoms with Crippen LogP contribution in [0.25, 0.3) is 0 Å². The van der Waals surface area contributed by atoms with E-state index in [9.17, 15) is 14.4 Å². The first-order chi connectivity index (χ1) is 14.9. The van der Waals surface area contributed by atoms with E-state index in [-0.39, 0.29) is 19.1 Å². The highest BCUT2D eigenvalue weighted by atomic mass is 32.1. The summed E-state index contributed by atoms with van der Waals surface area (Å²) in [5.41, 5.74) is 2.09. The van der Waals surface area contributed by atoms with Crippen LogP contribution in [0.5, 0.6) is 5.75 Å². The van der Waals surface area contributed by atoms with Gasteiger partial charge in [-0.3, -0.25) is 4.79 Å². The Balaban J connectivity index is 1.77. The average Bonchev–Trinajstić information content (AvgIpc) is 3.10. The second kappa shape index (κ2) is 10.3. The summed E-state index contributed by atoms with van der Waals surface area (Å²) in [7, 11) is 0. The third-order valence-corrected chi connectivity index (χ3v) is 5.90. The fraction of sp³-hybridized carbons (Fsp3) is 0.409. The monoisotopic (exact) mass is 446 g/mol. The van der Waals surface area contributed by atoms with Crippen LogP contribution >= 0.6 is 11.3 Å². The van der Waals surface area contributed by atoms with Crippen molar-refractivity contribution in [3.63, 3.8) is 0 Å². The molecule has 0 saturated carbocycles. The number of nitrogens with zero attached hydrogens (tertiary/aromatic N) is 1. The Morgan fingerprint density at radius 1 is 1.13 bits per heavy atom. The van der Waals surface area contributed by atoms with Gasteiger partial charge in [-0.1, -0.05) is 18.2 Å². The van der Waals surface area contributed by atoms with Crippen molar-refractivity contribution in [3.8, 4) is 5.75 Å². The minimum atomic E-state index is -0.486. The number of benzene rings is 1. The zero-order valence-corrected chi connectivity index (χ0v) is 18.7. The van der Waals surface area contributed by atoms with Gasteiger partial charge in [0.15, 0.2) is 6.61 Å². The molecule has 9 heteroatoms. The number of esters is 1. The van der Waals surface area contributed by atoms with E-state index in [0.29, 0.717) is 42.4 Å². The molecule has 1 aliphatic rings. The van der Waals surface area contributed by atoms with Crippen molar-refractivity contribution >= 4 is 34.3 Å². The van der Waals surface area contributed by atoms with Crippen LogP contribution in [0.4, 0.5) is 9.80 Å². The topological polar surface area (TPSA) is 94.2 Å². The molecule has 0 saturated heterocycles. The van der Waals surface area contributed by atoms with E-state index in [4.69, 9.17) is 14.2 Å². The summed E-state index contributed by atoms with van der Waals surface area (Å²) < 4.78 is 15.9. The van der Waals surface area contributed by atoms with Gasteiger partial charge in [0.05, 0.1) is 25.3 Å². The van der Waals surface area contributed by atoms with Gasteiger partial charge in [0, 0.05) is 11.4 Å². The van der Waals surface area contributed by atoms with Crippen LogP contribution in [0.1, 0.15) is 40.2 Å². The van der Waals surface area contributed by atoms with Gasteiger partial charge in [-0.2, -0.15) is 0 Å². The lowest BCUT2D eigenvalue weighted by Gasteiger charge is -2.26. The molecule has 0 radical (unpaired) electrons. The van der Waals surface area contributed by atoms with Crippen molar-refractivity contribution in [1.29, 1.82) is 0 Å². The first-order valence-corrected chi connectivity index (χ1v) is 11.0. The quantitative estimate of drug-likeness (QED) is 0.651. The fourth-order valence-electron chi connectivity index (χ4n) is 3.31. The minimum absolute atomic E-state index is 0.190. The van der Waals surface area contributed by atoms with Crippen LogP contribution in [0.15, 0.2) is 24.3 Å². The van der Waals surface area contributed by atoms with Gasteiger partial charge >= 0.3 is 12.1 Å². The Morgan fingerprint density at radius 3 is 2.58 bits per heavy atom. The van der Waals surface area contributed by atoms with E-state index in [1.807, 2.05) is 25.1 Å². The molecule has 1 aliphatic heterocycles. The molecule has 3 rings (SSSR count). The molecular formula is C22H26N2O6S. The van der Waals surface area contributed by atoms with E-state index in [2.05, 4.69) is 5.32 Å². The van der Waals surface area contributed by atoms with Gasteiger partial charge < -0.3 is 24.4 Å². The standard InChI is InChI=1S/C22H26N2O6S/c1-4-28-21(26)19-15-10-11-24(22(27)29-5-2)12-17(15)31-20(19)23-18(25)13-30-16-9-7-6-8-14(16)3/h6-9H,4-5,10-13H2,1-3H3,(H,23,25). The Labute approximate surface area is 185 Å². The molecule has 2 amide bonds. The molecule has 0 unspecified atom stereocenters. The number of aryl methyl sites for hydroxylation is 1. The van der Waals surface area contributed by atoms with Crippen LogP contribution in [0.3, 0.4) is 0 Å². The highest BCUT2D eigenvalue weighted by Crippen LogP contribution is 2.38. The summed E-state index contributed by atoms with van der Waals surface area (Å²) >= 11 is 1.27. The highest BCUT2D eigenvalue weighted by molar-refractivity contribution is 7.17. The fourth-order valence-corrected chi connectivity index (χ4v) is 4.57. The van der Waals surface area contributed by atoms with E-state index in [1.54, 1.807) is 24.8 Å². The summed E-state index contributed by atoms with van der Waals surface area (Å²) in [5.74, 6) is -0.242. The number of hydrogen-bond donors (Lipinski definition) is 1. The van der Waals surface area contributed by atoms with Crippen molar-refractivity contribution in [2.45, 2.75) is 33.7 Å².